The van der Waals surface area contributed by atoms with Crippen LogP contribution in [0.2, 0.25) is 0 Å². The van der Waals surface area contributed by atoms with E-state index in [1.165, 1.54) is 0 Å². The van der Waals surface area contributed by atoms with E-state index in [-0.39, 0.29) is 0 Å². The molecule has 16 heavy (non-hydrogen) atoms. The third kappa shape index (κ3) is 1.75. The van der Waals surface area contributed by atoms with Crippen molar-refractivity contribution < 1.29 is 4.79 Å². The molecule has 0 radical (unpaired) electrons. The highest BCUT2D eigenvalue weighted by Gasteiger charge is 2.12. The Bertz CT molecular complexity index is 504. The average Bonchev–Trinajstić information content (AvgIpc) is 2.74. The molecule has 2 rings (SSSR count). The van der Waals surface area contributed by atoms with E-state index in [1.54, 1.807) is 23.2 Å². The van der Waals surface area contributed by atoms with E-state index in [9.17, 15) is 4.79 Å². The first kappa shape index (κ1) is 10.2. The molecule has 2 heterocycles. The fourth-order valence-corrected chi connectivity index (χ4v) is 1.46. The molecule has 5 heteroatoms. The Balaban J connectivity index is 2.56. The molecule has 0 aliphatic rings. The van der Waals surface area contributed by atoms with E-state index in [0.717, 1.165) is 5.56 Å². The van der Waals surface area contributed by atoms with Crippen LogP contribution < -0.4 is 0 Å². The second-order valence-corrected chi connectivity index (χ2v) is 3.15. The van der Waals surface area contributed by atoms with E-state index in [4.69, 9.17) is 0 Å². The Morgan fingerprint density at radius 1 is 1.38 bits per heavy atom. The Labute approximate surface area is 92.4 Å². The lowest BCUT2D eigenvalue weighted by atomic mass is 10.1. The molecule has 0 bridgehead atoms. The van der Waals surface area contributed by atoms with Crippen molar-refractivity contribution >= 4 is 6.29 Å². The van der Waals surface area contributed by atoms with Crippen molar-refractivity contribution in [2.75, 3.05) is 0 Å². The molecule has 80 valence electrons. The summed E-state index contributed by atoms with van der Waals surface area (Å²) in [5.74, 6) is 0. The van der Waals surface area contributed by atoms with Crippen LogP contribution in [0.3, 0.4) is 0 Å². The summed E-state index contributed by atoms with van der Waals surface area (Å²) in [6, 6.07) is 3.62. The summed E-state index contributed by atoms with van der Waals surface area (Å²) in [6.07, 6.45) is 5.72. The number of hydrogen-bond acceptors (Lipinski definition) is 4. The molecule has 0 saturated carbocycles. The molecule has 0 amide bonds. The highest BCUT2D eigenvalue weighted by atomic mass is 16.1. The first-order chi connectivity index (χ1) is 7.86. The van der Waals surface area contributed by atoms with Gasteiger partial charge in [0.15, 0.2) is 12.0 Å². The van der Waals surface area contributed by atoms with Crippen molar-refractivity contribution in [2.45, 2.75) is 6.54 Å². The fraction of sp³-hybridized carbons (Fsp3) is 0.0909. The van der Waals surface area contributed by atoms with E-state index in [0.29, 0.717) is 24.2 Å². The van der Waals surface area contributed by atoms with Crippen molar-refractivity contribution in [3.8, 4) is 11.3 Å². The van der Waals surface area contributed by atoms with Gasteiger partial charge < -0.3 is 0 Å². The van der Waals surface area contributed by atoms with Gasteiger partial charge in [0.25, 0.3) is 0 Å². The lowest BCUT2D eigenvalue weighted by molar-refractivity contribution is 0.111. The first-order valence-electron chi connectivity index (χ1n) is 4.76. The summed E-state index contributed by atoms with van der Waals surface area (Å²) in [7, 11) is 0. The molecule has 5 nitrogen and oxygen atoms in total. The Kier molecular flexibility index (Phi) is 2.86. The number of rotatable bonds is 4. The van der Waals surface area contributed by atoms with E-state index < -0.39 is 0 Å². The van der Waals surface area contributed by atoms with Gasteiger partial charge >= 0.3 is 0 Å². The zero-order valence-electron chi connectivity index (χ0n) is 8.58. The van der Waals surface area contributed by atoms with E-state index in [1.807, 2.05) is 12.1 Å². The molecule has 0 spiro atoms. The van der Waals surface area contributed by atoms with Crippen molar-refractivity contribution in [3.63, 3.8) is 0 Å². The van der Waals surface area contributed by atoms with Gasteiger partial charge in [0, 0.05) is 18.0 Å². The smallest absolute Gasteiger partial charge is 0.172 e. The molecule has 2 aromatic rings. The van der Waals surface area contributed by atoms with Gasteiger partial charge in [-0.2, -0.15) is 0 Å². The normalized spacial score (nSPS) is 10.0. The summed E-state index contributed by atoms with van der Waals surface area (Å²) < 4.78 is 1.63. The minimum absolute atomic E-state index is 0.327. The maximum absolute atomic E-state index is 10.9. The highest BCUT2D eigenvalue weighted by molar-refractivity contribution is 5.83. The average molecular weight is 214 g/mol. The molecule has 0 aromatic carbocycles. The van der Waals surface area contributed by atoms with Crippen LogP contribution in [0.5, 0.6) is 0 Å². The van der Waals surface area contributed by atoms with Gasteiger partial charge in [-0.15, -0.1) is 11.7 Å². The molecule has 0 unspecified atom stereocenters. The monoisotopic (exact) mass is 214 g/mol. The number of aldehydes is 1. The van der Waals surface area contributed by atoms with Crippen molar-refractivity contribution in [1.29, 1.82) is 0 Å². The van der Waals surface area contributed by atoms with Gasteiger partial charge in [-0.25, -0.2) is 4.68 Å². The minimum Gasteiger partial charge on any atom is -0.296 e. The van der Waals surface area contributed by atoms with Gasteiger partial charge in [-0.3, -0.25) is 9.78 Å². The third-order valence-corrected chi connectivity index (χ3v) is 2.13. The minimum atomic E-state index is 0.327. The summed E-state index contributed by atoms with van der Waals surface area (Å²) in [5, 5.41) is 7.70. The second kappa shape index (κ2) is 4.48. The Morgan fingerprint density at radius 3 is 2.75 bits per heavy atom. The van der Waals surface area contributed by atoms with Gasteiger partial charge in [-0.05, 0) is 12.1 Å². The molecule has 0 saturated heterocycles. The summed E-state index contributed by atoms with van der Waals surface area (Å²) in [5.41, 5.74) is 1.88. The number of hydrogen-bond donors (Lipinski definition) is 0. The van der Waals surface area contributed by atoms with Gasteiger partial charge in [-0.1, -0.05) is 11.3 Å². The lowest BCUT2D eigenvalue weighted by Crippen LogP contribution is -2.00. The number of aromatic nitrogens is 4. The number of nitrogens with zero attached hydrogens (tertiary/aromatic N) is 4. The van der Waals surface area contributed by atoms with Crippen LogP contribution in [-0.4, -0.2) is 26.3 Å². The SMILES string of the molecule is C=CCn1nnc(C=O)c1-c1ccncc1. The number of carbonyl (C=O) groups excluding carboxylic acids is 1. The standard InChI is InChI=1S/C11H10N4O/c1-2-7-15-11(10(8-16)13-14-15)9-3-5-12-6-4-9/h2-6,8H,1,7H2. The molecule has 0 aliphatic heterocycles. The largest absolute Gasteiger partial charge is 0.296 e. The van der Waals surface area contributed by atoms with Crippen LogP contribution in [0.4, 0.5) is 0 Å². The van der Waals surface area contributed by atoms with Crippen LogP contribution in [0.15, 0.2) is 37.2 Å². The predicted octanol–water partition coefficient (Wildman–Crippen LogP) is 1.34. The molecular formula is C11H10N4O. The number of allylic oxidation sites excluding steroid dienone is 1. The zero-order chi connectivity index (χ0) is 11.4. The predicted molar refractivity (Wildman–Crippen MR) is 58.8 cm³/mol. The van der Waals surface area contributed by atoms with Crippen LogP contribution in [0, 0.1) is 0 Å². The number of pyridine rings is 1. The zero-order valence-corrected chi connectivity index (χ0v) is 8.58. The van der Waals surface area contributed by atoms with E-state index >= 15 is 0 Å². The van der Waals surface area contributed by atoms with Crippen molar-refractivity contribution in [1.82, 2.24) is 20.0 Å². The van der Waals surface area contributed by atoms with Crippen LogP contribution in [-0.2, 0) is 6.54 Å². The molecular weight excluding hydrogens is 204 g/mol. The third-order valence-electron chi connectivity index (χ3n) is 2.13. The van der Waals surface area contributed by atoms with Gasteiger partial charge in [0.05, 0.1) is 12.2 Å². The summed E-state index contributed by atoms with van der Waals surface area (Å²) >= 11 is 0. The van der Waals surface area contributed by atoms with Gasteiger partial charge in [0.1, 0.15) is 0 Å². The molecule has 0 fully saturated rings. The molecule has 2 aromatic heterocycles. The lowest BCUT2D eigenvalue weighted by Gasteiger charge is -2.03. The maximum Gasteiger partial charge on any atom is 0.172 e. The van der Waals surface area contributed by atoms with Crippen LogP contribution in [0.1, 0.15) is 10.5 Å². The molecule has 0 N–H and O–H groups in total. The second-order valence-electron chi connectivity index (χ2n) is 3.15. The maximum atomic E-state index is 10.9. The highest BCUT2D eigenvalue weighted by Crippen LogP contribution is 2.20. The Hall–Kier alpha value is -2.30. The topological polar surface area (TPSA) is 60.7 Å². The van der Waals surface area contributed by atoms with Crippen LogP contribution >= 0.6 is 0 Å². The molecule has 0 atom stereocenters. The Morgan fingerprint density at radius 2 is 2.12 bits per heavy atom. The number of carbonyl (C=O) groups is 1. The van der Waals surface area contributed by atoms with Gasteiger partial charge in [0.2, 0.25) is 0 Å². The van der Waals surface area contributed by atoms with Crippen LogP contribution in [0.25, 0.3) is 11.3 Å². The van der Waals surface area contributed by atoms with Crippen molar-refractivity contribution in [3.05, 3.63) is 42.9 Å². The quantitative estimate of drug-likeness (QED) is 0.569. The fourth-order valence-electron chi connectivity index (χ4n) is 1.46. The summed E-state index contributed by atoms with van der Waals surface area (Å²) in [6.45, 7) is 4.15. The van der Waals surface area contributed by atoms with Crippen molar-refractivity contribution in [2.24, 2.45) is 0 Å². The van der Waals surface area contributed by atoms with E-state index in [2.05, 4.69) is 21.9 Å². The molecule has 0 aliphatic carbocycles. The summed E-state index contributed by atoms with van der Waals surface area (Å²) in [4.78, 5) is 14.8. The first-order valence-corrected chi connectivity index (χ1v) is 4.76.